The molecule has 0 aliphatic rings. The van der Waals surface area contributed by atoms with E-state index in [0.29, 0.717) is 16.4 Å². The summed E-state index contributed by atoms with van der Waals surface area (Å²) in [4.78, 5) is 12.7. The molecule has 0 radical (unpaired) electrons. The van der Waals surface area contributed by atoms with E-state index >= 15 is 0 Å². The Hall–Kier alpha value is -3.11. The molecule has 4 aromatic rings. The van der Waals surface area contributed by atoms with Crippen LogP contribution in [-0.2, 0) is 4.74 Å². The van der Waals surface area contributed by atoms with Crippen LogP contribution in [-0.4, -0.2) is 22.0 Å². The number of carbonyl (C=O) groups is 1. The second-order valence-corrected chi connectivity index (χ2v) is 7.21. The lowest BCUT2D eigenvalue weighted by Gasteiger charge is -2.10. The fraction of sp³-hybridized carbons (Fsp3) is 0.130. The average Bonchev–Trinajstić information content (AvgIpc) is 3.13. The van der Waals surface area contributed by atoms with Gasteiger partial charge in [0.1, 0.15) is 0 Å². The van der Waals surface area contributed by atoms with Crippen LogP contribution in [0.25, 0.3) is 33.3 Å². The molecule has 140 valence electrons. The second-order valence-electron chi connectivity index (χ2n) is 6.80. The Labute approximate surface area is 168 Å². The minimum atomic E-state index is -0.517. The van der Waals surface area contributed by atoms with E-state index in [1.165, 1.54) is 4.68 Å². The number of hydrogen-bond donors (Lipinski definition) is 0. The molecule has 0 unspecified atom stereocenters. The number of hydrogen-bond acceptors (Lipinski definition) is 3. The summed E-state index contributed by atoms with van der Waals surface area (Å²) in [5.74, 6) is 0. The summed E-state index contributed by atoms with van der Waals surface area (Å²) in [6.45, 7) is 3.62. The predicted octanol–water partition coefficient (Wildman–Crippen LogP) is 6.42. The molecule has 0 spiro atoms. The molecule has 1 aromatic heterocycles. The summed E-state index contributed by atoms with van der Waals surface area (Å²) in [6.07, 6.45) is -0.763. The number of ether oxygens (including phenoxy) is 1. The summed E-state index contributed by atoms with van der Waals surface area (Å²) in [5, 5.41) is 7.31. The van der Waals surface area contributed by atoms with Gasteiger partial charge in [0.25, 0.3) is 0 Å². The molecule has 28 heavy (non-hydrogen) atoms. The molecule has 4 nitrogen and oxygen atoms in total. The normalized spacial score (nSPS) is 11.1. The number of aromatic nitrogens is 2. The van der Waals surface area contributed by atoms with E-state index in [2.05, 4.69) is 11.2 Å². The van der Waals surface area contributed by atoms with E-state index in [9.17, 15) is 4.79 Å². The Bertz CT molecular complexity index is 1160. The molecule has 0 aliphatic carbocycles. The van der Waals surface area contributed by atoms with Gasteiger partial charge >= 0.3 is 6.09 Å². The maximum Gasteiger partial charge on any atom is 0.435 e. The van der Waals surface area contributed by atoms with Gasteiger partial charge in [-0.25, -0.2) is 4.79 Å². The van der Waals surface area contributed by atoms with Crippen LogP contribution in [0, 0.1) is 0 Å². The first-order valence-corrected chi connectivity index (χ1v) is 9.46. The Morgan fingerprint density at radius 1 is 0.964 bits per heavy atom. The van der Waals surface area contributed by atoms with E-state index < -0.39 is 6.09 Å². The standard InChI is InChI=1S/C23H19ClN2O2/c1-15(2)28-23(27)26-22(14-21(25-26)19-9-5-6-10-20(19)24)18-12-11-16-7-3-4-8-17(16)13-18/h3-15H,1-2H3. The van der Waals surface area contributed by atoms with Gasteiger partial charge in [-0.15, -0.1) is 0 Å². The lowest BCUT2D eigenvalue weighted by Crippen LogP contribution is -2.20. The van der Waals surface area contributed by atoms with Gasteiger partial charge in [-0.05, 0) is 42.8 Å². The van der Waals surface area contributed by atoms with Crippen LogP contribution in [0.3, 0.4) is 0 Å². The van der Waals surface area contributed by atoms with E-state index in [1.807, 2.05) is 74.5 Å². The maximum absolute atomic E-state index is 12.7. The quantitative estimate of drug-likeness (QED) is 0.405. The highest BCUT2D eigenvalue weighted by Gasteiger charge is 2.20. The smallest absolute Gasteiger partial charge is 0.435 e. The topological polar surface area (TPSA) is 44.1 Å². The molecular weight excluding hydrogens is 372 g/mol. The highest BCUT2D eigenvalue weighted by atomic mass is 35.5. The zero-order valence-corrected chi connectivity index (χ0v) is 16.4. The first kappa shape index (κ1) is 18.3. The second kappa shape index (κ2) is 7.49. The summed E-state index contributed by atoms with van der Waals surface area (Å²) in [5.41, 5.74) is 2.92. The number of halogens is 1. The van der Waals surface area contributed by atoms with Crippen LogP contribution in [0.4, 0.5) is 4.79 Å². The van der Waals surface area contributed by atoms with Gasteiger partial charge in [0, 0.05) is 11.1 Å². The number of rotatable bonds is 3. The fourth-order valence-corrected chi connectivity index (χ4v) is 3.36. The van der Waals surface area contributed by atoms with Crippen LogP contribution in [0.5, 0.6) is 0 Å². The van der Waals surface area contributed by atoms with Gasteiger partial charge in [-0.3, -0.25) is 0 Å². The lowest BCUT2D eigenvalue weighted by atomic mass is 10.0. The molecule has 0 saturated carbocycles. The number of benzene rings is 3. The summed E-state index contributed by atoms with van der Waals surface area (Å²) in [7, 11) is 0. The zero-order valence-electron chi connectivity index (χ0n) is 15.6. The minimum Gasteiger partial charge on any atom is -0.445 e. The monoisotopic (exact) mass is 390 g/mol. The third-order valence-corrected chi connectivity index (χ3v) is 4.74. The van der Waals surface area contributed by atoms with Gasteiger partial charge in [0.05, 0.1) is 22.5 Å². The highest BCUT2D eigenvalue weighted by molar-refractivity contribution is 6.33. The molecule has 3 aromatic carbocycles. The van der Waals surface area contributed by atoms with Gasteiger partial charge in [0.15, 0.2) is 0 Å². The van der Waals surface area contributed by atoms with E-state index in [1.54, 1.807) is 6.07 Å². The van der Waals surface area contributed by atoms with Gasteiger partial charge in [-0.2, -0.15) is 9.78 Å². The SMILES string of the molecule is CC(C)OC(=O)n1nc(-c2ccccc2Cl)cc1-c1ccc2ccccc2c1. The summed E-state index contributed by atoms with van der Waals surface area (Å²) >= 11 is 6.34. The third-order valence-electron chi connectivity index (χ3n) is 4.41. The number of fused-ring (bicyclic) bond motifs is 1. The Balaban J connectivity index is 1.88. The van der Waals surface area contributed by atoms with Crippen molar-refractivity contribution in [1.82, 2.24) is 9.78 Å². The van der Waals surface area contributed by atoms with Crippen molar-refractivity contribution in [3.63, 3.8) is 0 Å². The first-order valence-electron chi connectivity index (χ1n) is 9.08. The number of nitrogens with zero attached hydrogens (tertiary/aromatic N) is 2. The average molecular weight is 391 g/mol. The van der Waals surface area contributed by atoms with Crippen molar-refractivity contribution >= 4 is 28.5 Å². The van der Waals surface area contributed by atoms with Crippen LogP contribution in [0.15, 0.2) is 72.8 Å². The Morgan fingerprint density at radius 2 is 1.68 bits per heavy atom. The molecule has 1 heterocycles. The fourth-order valence-electron chi connectivity index (χ4n) is 3.13. The lowest BCUT2D eigenvalue weighted by molar-refractivity contribution is 0.114. The molecule has 0 atom stereocenters. The van der Waals surface area contributed by atoms with Crippen molar-refractivity contribution in [2.75, 3.05) is 0 Å². The van der Waals surface area contributed by atoms with Gasteiger partial charge < -0.3 is 4.74 Å². The van der Waals surface area contributed by atoms with Crippen molar-refractivity contribution in [1.29, 1.82) is 0 Å². The van der Waals surface area contributed by atoms with Crippen molar-refractivity contribution in [2.24, 2.45) is 0 Å². The highest BCUT2D eigenvalue weighted by Crippen LogP contribution is 2.32. The van der Waals surface area contributed by atoms with Crippen molar-refractivity contribution < 1.29 is 9.53 Å². The van der Waals surface area contributed by atoms with Crippen LogP contribution >= 0.6 is 11.6 Å². The van der Waals surface area contributed by atoms with E-state index in [4.69, 9.17) is 16.3 Å². The molecule has 0 bridgehead atoms. The molecule has 5 heteroatoms. The first-order chi connectivity index (χ1) is 13.5. The molecule has 0 saturated heterocycles. The predicted molar refractivity (Wildman–Crippen MR) is 113 cm³/mol. The van der Waals surface area contributed by atoms with Crippen molar-refractivity contribution in [2.45, 2.75) is 20.0 Å². The van der Waals surface area contributed by atoms with Gasteiger partial charge in [0.2, 0.25) is 0 Å². The maximum atomic E-state index is 12.7. The third kappa shape index (κ3) is 3.51. The van der Waals surface area contributed by atoms with Crippen LogP contribution < -0.4 is 0 Å². The Morgan fingerprint density at radius 3 is 2.43 bits per heavy atom. The van der Waals surface area contributed by atoms with Crippen molar-refractivity contribution in [3.8, 4) is 22.5 Å². The minimum absolute atomic E-state index is 0.245. The molecular formula is C23H19ClN2O2. The molecule has 0 aliphatic heterocycles. The van der Waals surface area contributed by atoms with E-state index in [-0.39, 0.29) is 6.10 Å². The molecule has 0 N–H and O–H groups in total. The summed E-state index contributed by atoms with van der Waals surface area (Å²) in [6, 6.07) is 23.5. The van der Waals surface area contributed by atoms with Crippen LogP contribution in [0.1, 0.15) is 13.8 Å². The van der Waals surface area contributed by atoms with Crippen LogP contribution in [0.2, 0.25) is 5.02 Å². The zero-order chi connectivity index (χ0) is 19.7. The van der Waals surface area contributed by atoms with Crippen molar-refractivity contribution in [3.05, 3.63) is 77.8 Å². The molecule has 4 rings (SSSR count). The number of carbonyl (C=O) groups excluding carboxylic acids is 1. The van der Waals surface area contributed by atoms with Gasteiger partial charge in [-0.1, -0.05) is 66.2 Å². The Kier molecular flexibility index (Phi) is 4.88. The summed E-state index contributed by atoms with van der Waals surface area (Å²) < 4.78 is 6.70. The van der Waals surface area contributed by atoms with E-state index in [0.717, 1.165) is 21.9 Å². The molecule has 0 amide bonds. The molecule has 0 fully saturated rings. The largest absolute Gasteiger partial charge is 0.445 e.